The first-order valence-electron chi connectivity index (χ1n) is 8.72. The van der Waals surface area contributed by atoms with Gasteiger partial charge in [-0.3, -0.25) is 4.79 Å². The second kappa shape index (κ2) is 7.39. The number of ether oxygens (including phenoxy) is 1. The van der Waals surface area contributed by atoms with Crippen LogP contribution in [0.3, 0.4) is 0 Å². The van der Waals surface area contributed by atoms with E-state index >= 15 is 0 Å². The van der Waals surface area contributed by atoms with Gasteiger partial charge in [0, 0.05) is 12.5 Å². The van der Waals surface area contributed by atoms with Crippen molar-refractivity contribution in [3.63, 3.8) is 0 Å². The van der Waals surface area contributed by atoms with Crippen molar-refractivity contribution in [2.45, 2.75) is 12.8 Å². The average molecular weight is 348 g/mol. The van der Waals surface area contributed by atoms with Gasteiger partial charge in [-0.1, -0.05) is 36.4 Å². The Morgan fingerprint density at radius 2 is 1.96 bits per heavy atom. The fraction of sp³-hybridized carbons (Fsp3) is 0.250. The third-order valence-electron chi connectivity index (χ3n) is 4.41. The van der Waals surface area contributed by atoms with Crippen LogP contribution in [-0.4, -0.2) is 34.1 Å². The zero-order valence-electron chi connectivity index (χ0n) is 14.3. The fourth-order valence-electron chi connectivity index (χ4n) is 3.07. The lowest BCUT2D eigenvalue weighted by molar-refractivity contribution is -0.120. The van der Waals surface area contributed by atoms with Crippen LogP contribution in [0.2, 0.25) is 0 Å². The van der Waals surface area contributed by atoms with E-state index in [0.717, 1.165) is 17.9 Å². The Balaban J connectivity index is 1.29. The second-order valence-electron chi connectivity index (χ2n) is 6.43. The van der Waals surface area contributed by atoms with Gasteiger partial charge in [-0.15, -0.1) is 0 Å². The van der Waals surface area contributed by atoms with Crippen LogP contribution in [0.15, 0.2) is 60.8 Å². The lowest BCUT2D eigenvalue weighted by atomic mass is 9.97. The van der Waals surface area contributed by atoms with Crippen LogP contribution in [0.25, 0.3) is 5.69 Å². The molecule has 0 fully saturated rings. The van der Waals surface area contributed by atoms with Gasteiger partial charge in [-0.2, -0.15) is 15.0 Å². The van der Waals surface area contributed by atoms with Gasteiger partial charge >= 0.3 is 0 Å². The SMILES string of the molecule is O=C(Cc1cnn(-c2ccccc2)n1)NC[C@H]1COc2ccccc2C1. The van der Waals surface area contributed by atoms with Crippen molar-refractivity contribution in [3.8, 4) is 11.4 Å². The molecule has 1 aliphatic rings. The van der Waals surface area contributed by atoms with Crippen LogP contribution in [0.1, 0.15) is 11.3 Å². The fourth-order valence-corrected chi connectivity index (χ4v) is 3.07. The summed E-state index contributed by atoms with van der Waals surface area (Å²) >= 11 is 0. The van der Waals surface area contributed by atoms with Crippen LogP contribution in [0.4, 0.5) is 0 Å². The molecule has 2 heterocycles. The molecule has 0 saturated heterocycles. The predicted molar refractivity (Wildman–Crippen MR) is 97.2 cm³/mol. The Morgan fingerprint density at radius 1 is 1.15 bits per heavy atom. The zero-order valence-corrected chi connectivity index (χ0v) is 14.3. The highest BCUT2D eigenvalue weighted by molar-refractivity contribution is 5.78. The number of aromatic nitrogens is 3. The molecular formula is C20H20N4O2. The lowest BCUT2D eigenvalue weighted by Gasteiger charge is -2.25. The van der Waals surface area contributed by atoms with Gasteiger partial charge < -0.3 is 10.1 Å². The first kappa shape index (κ1) is 16.3. The summed E-state index contributed by atoms with van der Waals surface area (Å²) in [5.74, 6) is 1.19. The summed E-state index contributed by atoms with van der Waals surface area (Å²) in [6.07, 6.45) is 2.77. The molecule has 0 saturated carbocycles. The van der Waals surface area contributed by atoms with E-state index in [9.17, 15) is 4.79 Å². The van der Waals surface area contributed by atoms with E-state index in [4.69, 9.17) is 4.74 Å². The summed E-state index contributed by atoms with van der Waals surface area (Å²) in [5.41, 5.74) is 2.72. The van der Waals surface area contributed by atoms with E-state index < -0.39 is 0 Å². The molecule has 1 atom stereocenters. The van der Waals surface area contributed by atoms with Crippen molar-refractivity contribution in [1.29, 1.82) is 0 Å². The minimum absolute atomic E-state index is 0.0519. The standard InChI is InChI=1S/C20H20N4O2/c25-20(11-17-13-22-24(23-17)18-7-2-1-3-8-18)21-12-15-10-16-6-4-5-9-19(16)26-14-15/h1-9,13,15H,10-12,14H2,(H,21,25)/t15-/m0/s1. The molecule has 6 heteroatoms. The minimum Gasteiger partial charge on any atom is -0.493 e. The number of para-hydroxylation sites is 2. The van der Waals surface area contributed by atoms with Crippen molar-refractivity contribution in [1.82, 2.24) is 20.3 Å². The molecule has 1 aromatic heterocycles. The van der Waals surface area contributed by atoms with E-state index in [1.807, 2.05) is 48.5 Å². The number of fused-ring (bicyclic) bond motifs is 1. The molecule has 2 aromatic carbocycles. The third kappa shape index (κ3) is 3.74. The zero-order chi connectivity index (χ0) is 17.8. The summed E-state index contributed by atoms with van der Waals surface area (Å²) in [7, 11) is 0. The predicted octanol–water partition coefficient (Wildman–Crippen LogP) is 2.18. The molecule has 1 N–H and O–H groups in total. The van der Waals surface area contributed by atoms with Gasteiger partial charge in [0.2, 0.25) is 5.91 Å². The Bertz CT molecular complexity index is 892. The number of hydrogen-bond donors (Lipinski definition) is 1. The Labute approximate surface area is 151 Å². The van der Waals surface area contributed by atoms with Gasteiger partial charge in [0.1, 0.15) is 5.75 Å². The quantitative estimate of drug-likeness (QED) is 0.767. The van der Waals surface area contributed by atoms with E-state index in [2.05, 4.69) is 21.6 Å². The lowest BCUT2D eigenvalue weighted by Crippen LogP contribution is -2.35. The van der Waals surface area contributed by atoms with Crippen molar-refractivity contribution in [3.05, 3.63) is 72.1 Å². The van der Waals surface area contributed by atoms with Crippen LogP contribution < -0.4 is 10.1 Å². The van der Waals surface area contributed by atoms with E-state index in [-0.39, 0.29) is 18.2 Å². The van der Waals surface area contributed by atoms with Crippen LogP contribution in [-0.2, 0) is 17.6 Å². The number of amides is 1. The topological polar surface area (TPSA) is 69.0 Å². The van der Waals surface area contributed by atoms with Crippen molar-refractivity contribution in [2.24, 2.45) is 5.92 Å². The largest absolute Gasteiger partial charge is 0.493 e. The number of hydrogen-bond acceptors (Lipinski definition) is 4. The van der Waals surface area contributed by atoms with E-state index in [0.29, 0.717) is 18.8 Å². The molecule has 0 aliphatic carbocycles. The number of rotatable bonds is 5. The third-order valence-corrected chi connectivity index (χ3v) is 4.41. The Hall–Kier alpha value is -3.15. The summed E-state index contributed by atoms with van der Waals surface area (Å²) < 4.78 is 5.76. The molecule has 6 nitrogen and oxygen atoms in total. The maximum absolute atomic E-state index is 12.2. The van der Waals surface area contributed by atoms with Crippen molar-refractivity contribution in [2.75, 3.05) is 13.2 Å². The molecule has 1 aliphatic heterocycles. The number of carbonyl (C=O) groups is 1. The van der Waals surface area contributed by atoms with Gasteiger partial charge in [0.05, 0.1) is 30.6 Å². The summed E-state index contributed by atoms with van der Waals surface area (Å²) in [6.45, 7) is 1.22. The van der Waals surface area contributed by atoms with E-state index in [1.54, 1.807) is 6.20 Å². The van der Waals surface area contributed by atoms with Gasteiger partial charge in [-0.05, 0) is 30.2 Å². The number of benzene rings is 2. The molecule has 0 bridgehead atoms. The molecule has 0 radical (unpaired) electrons. The number of carbonyl (C=O) groups excluding carboxylic acids is 1. The van der Waals surface area contributed by atoms with Crippen LogP contribution in [0, 0.1) is 5.92 Å². The average Bonchev–Trinajstić information content (AvgIpc) is 3.15. The van der Waals surface area contributed by atoms with E-state index in [1.165, 1.54) is 10.4 Å². The molecule has 4 rings (SSSR count). The van der Waals surface area contributed by atoms with Gasteiger partial charge in [0.15, 0.2) is 0 Å². The maximum atomic E-state index is 12.2. The minimum atomic E-state index is -0.0519. The first-order chi connectivity index (χ1) is 12.8. The highest BCUT2D eigenvalue weighted by Crippen LogP contribution is 2.26. The molecule has 132 valence electrons. The summed E-state index contributed by atoms with van der Waals surface area (Å²) in [5, 5.41) is 11.6. The monoisotopic (exact) mass is 348 g/mol. The summed E-state index contributed by atoms with van der Waals surface area (Å²) in [6, 6.07) is 17.7. The van der Waals surface area contributed by atoms with Crippen molar-refractivity contribution < 1.29 is 9.53 Å². The Morgan fingerprint density at radius 3 is 2.85 bits per heavy atom. The highest BCUT2D eigenvalue weighted by Gasteiger charge is 2.20. The van der Waals surface area contributed by atoms with Gasteiger partial charge in [-0.25, -0.2) is 0 Å². The van der Waals surface area contributed by atoms with Crippen LogP contribution in [0.5, 0.6) is 5.75 Å². The second-order valence-corrected chi connectivity index (χ2v) is 6.43. The molecular weight excluding hydrogens is 328 g/mol. The first-order valence-corrected chi connectivity index (χ1v) is 8.72. The molecule has 1 amide bonds. The van der Waals surface area contributed by atoms with Crippen molar-refractivity contribution >= 4 is 5.91 Å². The van der Waals surface area contributed by atoms with Gasteiger partial charge in [0.25, 0.3) is 0 Å². The normalized spacial score (nSPS) is 15.8. The summed E-state index contributed by atoms with van der Waals surface area (Å²) in [4.78, 5) is 13.8. The highest BCUT2D eigenvalue weighted by atomic mass is 16.5. The molecule has 0 spiro atoms. The maximum Gasteiger partial charge on any atom is 0.226 e. The molecule has 26 heavy (non-hydrogen) atoms. The van der Waals surface area contributed by atoms with Crippen LogP contribution >= 0.6 is 0 Å². The number of nitrogens with one attached hydrogen (secondary N) is 1. The Kier molecular flexibility index (Phi) is 4.64. The smallest absolute Gasteiger partial charge is 0.226 e. The molecule has 0 unspecified atom stereocenters. The molecule has 3 aromatic rings. The number of nitrogens with zero attached hydrogens (tertiary/aromatic N) is 3.